The average molecular weight is 323 g/mol. The molecule has 3 heteroatoms. The molecule has 2 N–H and O–H groups in total. The molecule has 2 aliphatic rings. The van der Waals surface area contributed by atoms with Crippen LogP contribution in [-0.4, -0.2) is 15.6 Å². The van der Waals surface area contributed by atoms with Crippen LogP contribution in [0.3, 0.4) is 0 Å². The van der Waals surface area contributed by atoms with Crippen LogP contribution in [0.2, 0.25) is 0 Å². The lowest BCUT2D eigenvalue weighted by atomic mass is 9.80. The average Bonchev–Trinajstić information content (AvgIpc) is 3.20. The first-order valence-corrected chi connectivity index (χ1v) is 9.51. The van der Waals surface area contributed by atoms with E-state index in [2.05, 4.69) is 34.8 Å². The summed E-state index contributed by atoms with van der Waals surface area (Å²) in [6, 6.07) is 7.70. The zero-order chi connectivity index (χ0) is 16.5. The molecule has 2 aromatic rings. The number of hydrogen-bond acceptors (Lipinski definition) is 2. The second kappa shape index (κ2) is 6.72. The summed E-state index contributed by atoms with van der Waals surface area (Å²) >= 11 is 0. The van der Waals surface area contributed by atoms with Gasteiger partial charge in [0.1, 0.15) is 0 Å². The van der Waals surface area contributed by atoms with Gasteiger partial charge in [0.15, 0.2) is 0 Å². The molecule has 3 nitrogen and oxygen atoms in total. The Kier molecular flexibility index (Phi) is 4.45. The molecule has 0 amide bonds. The van der Waals surface area contributed by atoms with Crippen LogP contribution >= 0.6 is 0 Å². The molecular weight excluding hydrogens is 294 g/mol. The minimum Gasteiger partial charge on any atom is -0.338 e. The number of rotatable bonds is 4. The largest absolute Gasteiger partial charge is 0.338 e. The molecule has 0 aliphatic heterocycles. The van der Waals surface area contributed by atoms with E-state index in [4.69, 9.17) is 5.73 Å². The van der Waals surface area contributed by atoms with Crippen LogP contribution < -0.4 is 5.73 Å². The Morgan fingerprint density at radius 1 is 1.21 bits per heavy atom. The molecule has 3 unspecified atom stereocenters. The van der Waals surface area contributed by atoms with Crippen LogP contribution in [0, 0.1) is 5.92 Å². The van der Waals surface area contributed by atoms with Gasteiger partial charge < -0.3 is 10.3 Å². The SMILES string of the molecule is Cn1cncc1CCC1CCc2cc(C3CCC(N)C3)ccc2C1. The minimum absolute atomic E-state index is 0.419. The van der Waals surface area contributed by atoms with Gasteiger partial charge in [-0.25, -0.2) is 4.98 Å². The van der Waals surface area contributed by atoms with E-state index in [0.29, 0.717) is 12.0 Å². The van der Waals surface area contributed by atoms with E-state index in [1.54, 1.807) is 11.1 Å². The second-order valence-corrected chi connectivity index (χ2v) is 7.94. The number of fused-ring (bicyclic) bond motifs is 1. The fourth-order valence-electron chi connectivity index (χ4n) is 4.65. The molecule has 1 saturated carbocycles. The Morgan fingerprint density at radius 2 is 2.12 bits per heavy atom. The summed E-state index contributed by atoms with van der Waals surface area (Å²) in [6.07, 6.45) is 13.8. The van der Waals surface area contributed by atoms with Crippen molar-refractivity contribution in [1.29, 1.82) is 0 Å². The molecule has 1 heterocycles. The normalized spacial score (nSPS) is 26.5. The van der Waals surface area contributed by atoms with Gasteiger partial charge in [-0.05, 0) is 79.9 Å². The monoisotopic (exact) mass is 323 g/mol. The van der Waals surface area contributed by atoms with E-state index in [1.165, 1.54) is 56.2 Å². The molecule has 0 radical (unpaired) electrons. The van der Waals surface area contributed by atoms with E-state index >= 15 is 0 Å². The maximum Gasteiger partial charge on any atom is 0.0945 e. The molecule has 128 valence electrons. The maximum absolute atomic E-state index is 6.10. The Balaban J connectivity index is 1.39. The Labute approximate surface area is 145 Å². The number of aromatic nitrogens is 2. The van der Waals surface area contributed by atoms with Crippen molar-refractivity contribution in [2.24, 2.45) is 18.7 Å². The Hall–Kier alpha value is -1.61. The third-order valence-electron chi connectivity index (χ3n) is 6.23. The number of benzene rings is 1. The molecule has 0 bridgehead atoms. The molecule has 3 atom stereocenters. The summed E-state index contributed by atoms with van der Waals surface area (Å²) in [5.41, 5.74) is 12.2. The zero-order valence-electron chi connectivity index (χ0n) is 14.7. The first-order chi connectivity index (χ1) is 11.7. The number of nitrogens with zero attached hydrogens (tertiary/aromatic N) is 2. The van der Waals surface area contributed by atoms with Crippen LogP contribution in [-0.2, 0) is 26.3 Å². The van der Waals surface area contributed by atoms with Crippen LogP contribution in [0.5, 0.6) is 0 Å². The molecule has 1 aromatic heterocycles. The third-order valence-corrected chi connectivity index (χ3v) is 6.23. The van der Waals surface area contributed by atoms with Crippen molar-refractivity contribution in [3.05, 3.63) is 53.1 Å². The van der Waals surface area contributed by atoms with E-state index in [-0.39, 0.29) is 0 Å². The minimum atomic E-state index is 0.419. The summed E-state index contributed by atoms with van der Waals surface area (Å²) in [6.45, 7) is 0. The lowest BCUT2D eigenvalue weighted by Gasteiger charge is -2.26. The third kappa shape index (κ3) is 3.27. The standard InChI is InChI=1S/C21H29N3/c1-24-14-23-13-21(24)9-3-15-2-4-17-11-18(6-5-16(17)10-15)19-7-8-20(22)12-19/h5-6,11,13-15,19-20H,2-4,7-10,12,22H2,1H3. The van der Waals surface area contributed by atoms with Crippen molar-refractivity contribution in [3.63, 3.8) is 0 Å². The fourth-order valence-corrected chi connectivity index (χ4v) is 4.65. The van der Waals surface area contributed by atoms with Crippen molar-refractivity contribution in [2.45, 2.75) is 63.3 Å². The highest BCUT2D eigenvalue weighted by atomic mass is 15.0. The van der Waals surface area contributed by atoms with Gasteiger partial charge in [0.2, 0.25) is 0 Å². The lowest BCUT2D eigenvalue weighted by Crippen LogP contribution is -2.16. The van der Waals surface area contributed by atoms with E-state index in [9.17, 15) is 0 Å². The predicted molar refractivity (Wildman–Crippen MR) is 98.1 cm³/mol. The highest BCUT2D eigenvalue weighted by molar-refractivity contribution is 5.36. The number of nitrogens with two attached hydrogens (primary N) is 1. The van der Waals surface area contributed by atoms with Gasteiger partial charge in [-0.1, -0.05) is 18.2 Å². The van der Waals surface area contributed by atoms with Crippen LogP contribution in [0.4, 0.5) is 0 Å². The smallest absolute Gasteiger partial charge is 0.0945 e. The van der Waals surface area contributed by atoms with Crippen LogP contribution in [0.25, 0.3) is 0 Å². The van der Waals surface area contributed by atoms with Crippen LogP contribution in [0.15, 0.2) is 30.7 Å². The molecule has 0 saturated heterocycles. The van der Waals surface area contributed by atoms with Crippen molar-refractivity contribution >= 4 is 0 Å². The van der Waals surface area contributed by atoms with Gasteiger partial charge in [-0.3, -0.25) is 0 Å². The number of aryl methyl sites for hydroxylation is 3. The summed E-state index contributed by atoms with van der Waals surface area (Å²) < 4.78 is 2.15. The molecule has 1 fully saturated rings. The number of hydrogen-bond donors (Lipinski definition) is 1. The van der Waals surface area contributed by atoms with E-state index in [0.717, 1.165) is 12.3 Å². The first-order valence-electron chi connectivity index (χ1n) is 9.51. The van der Waals surface area contributed by atoms with Gasteiger partial charge in [-0.2, -0.15) is 0 Å². The Morgan fingerprint density at radius 3 is 2.88 bits per heavy atom. The van der Waals surface area contributed by atoms with Crippen molar-refractivity contribution in [2.75, 3.05) is 0 Å². The fraction of sp³-hybridized carbons (Fsp3) is 0.571. The summed E-state index contributed by atoms with van der Waals surface area (Å²) in [4.78, 5) is 4.23. The topological polar surface area (TPSA) is 43.8 Å². The second-order valence-electron chi connectivity index (χ2n) is 7.94. The quantitative estimate of drug-likeness (QED) is 0.931. The van der Waals surface area contributed by atoms with Gasteiger partial charge in [0.05, 0.1) is 6.33 Å². The molecule has 0 spiro atoms. The van der Waals surface area contributed by atoms with Gasteiger partial charge in [0, 0.05) is 25.0 Å². The highest BCUT2D eigenvalue weighted by Crippen LogP contribution is 2.36. The van der Waals surface area contributed by atoms with Crippen molar-refractivity contribution in [3.8, 4) is 0 Å². The van der Waals surface area contributed by atoms with Crippen molar-refractivity contribution in [1.82, 2.24) is 9.55 Å². The number of imidazole rings is 1. The molecular formula is C21H29N3. The van der Waals surface area contributed by atoms with Crippen molar-refractivity contribution < 1.29 is 0 Å². The molecule has 4 rings (SSSR count). The van der Waals surface area contributed by atoms with Gasteiger partial charge >= 0.3 is 0 Å². The predicted octanol–water partition coefficient (Wildman–Crippen LogP) is 3.75. The lowest BCUT2D eigenvalue weighted by molar-refractivity contribution is 0.423. The van der Waals surface area contributed by atoms with Gasteiger partial charge in [0.25, 0.3) is 0 Å². The Bertz CT molecular complexity index is 703. The summed E-state index contributed by atoms with van der Waals surface area (Å²) in [5, 5.41) is 0. The summed E-state index contributed by atoms with van der Waals surface area (Å²) in [7, 11) is 2.09. The molecule has 2 aliphatic carbocycles. The first kappa shape index (κ1) is 15.9. The van der Waals surface area contributed by atoms with E-state index < -0.39 is 0 Å². The van der Waals surface area contributed by atoms with Crippen LogP contribution in [0.1, 0.15) is 60.4 Å². The molecule has 1 aromatic carbocycles. The summed E-state index contributed by atoms with van der Waals surface area (Å²) in [5.74, 6) is 1.52. The van der Waals surface area contributed by atoms with E-state index in [1.807, 2.05) is 12.5 Å². The molecule has 24 heavy (non-hydrogen) atoms. The zero-order valence-corrected chi connectivity index (χ0v) is 14.7. The van der Waals surface area contributed by atoms with Gasteiger partial charge in [-0.15, -0.1) is 0 Å². The maximum atomic E-state index is 6.10. The highest BCUT2D eigenvalue weighted by Gasteiger charge is 2.25.